The Kier molecular flexibility index (Phi) is 7.88. The molecule has 194 valence electrons. The van der Waals surface area contributed by atoms with Crippen LogP contribution in [0.1, 0.15) is 57.0 Å². The maximum Gasteiger partial charge on any atom is 0.261 e. The number of nitrogens with one attached hydrogen (secondary N) is 4. The maximum atomic E-state index is 13.2. The molecule has 0 spiro atoms. The van der Waals surface area contributed by atoms with Gasteiger partial charge in [-0.25, -0.2) is 0 Å². The molecule has 0 saturated carbocycles. The van der Waals surface area contributed by atoms with Gasteiger partial charge in [0.25, 0.3) is 11.8 Å². The summed E-state index contributed by atoms with van der Waals surface area (Å²) in [5.41, 5.74) is 4.62. The van der Waals surface area contributed by atoms with Gasteiger partial charge >= 0.3 is 0 Å². The molecule has 2 aliphatic heterocycles. The third-order valence-corrected chi connectivity index (χ3v) is 8.13. The van der Waals surface area contributed by atoms with E-state index in [4.69, 9.17) is 4.74 Å². The summed E-state index contributed by atoms with van der Waals surface area (Å²) in [4.78, 5) is 27.5. The van der Waals surface area contributed by atoms with Crippen LogP contribution in [0.3, 0.4) is 0 Å². The molecule has 0 unspecified atom stereocenters. The Hall–Kier alpha value is -3.20. The quantitative estimate of drug-likeness (QED) is 0.335. The van der Waals surface area contributed by atoms with Crippen molar-refractivity contribution in [2.24, 2.45) is 0 Å². The Morgan fingerprint density at radius 2 is 1.97 bits per heavy atom. The molecule has 2 saturated heterocycles. The Morgan fingerprint density at radius 3 is 2.73 bits per heavy atom. The minimum absolute atomic E-state index is 0.0656. The molecule has 37 heavy (non-hydrogen) atoms. The summed E-state index contributed by atoms with van der Waals surface area (Å²) in [7, 11) is 0. The highest BCUT2D eigenvalue weighted by Gasteiger charge is 2.20. The van der Waals surface area contributed by atoms with Gasteiger partial charge in [0.2, 0.25) is 0 Å². The number of benzene rings is 2. The molecule has 8 heteroatoms. The summed E-state index contributed by atoms with van der Waals surface area (Å²) in [5, 5.41) is 12.9. The Bertz CT molecular complexity index is 1260. The number of hydrogen-bond acceptors (Lipinski definition) is 6. The zero-order valence-electron chi connectivity index (χ0n) is 21.3. The van der Waals surface area contributed by atoms with E-state index in [1.165, 1.54) is 11.3 Å². The van der Waals surface area contributed by atoms with Crippen molar-refractivity contribution < 1.29 is 14.3 Å². The molecule has 5 rings (SSSR count). The van der Waals surface area contributed by atoms with Crippen molar-refractivity contribution in [1.82, 2.24) is 16.0 Å². The zero-order chi connectivity index (χ0) is 25.8. The van der Waals surface area contributed by atoms with Gasteiger partial charge in [-0.05, 0) is 73.7 Å². The molecule has 1 aromatic heterocycles. The lowest BCUT2D eigenvalue weighted by Crippen LogP contribution is -2.51. The fourth-order valence-electron chi connectivity index (χ4n) is 4.62. The third kappa shape index (κ3) is 6.21. The molecule has 0 bridgehead atoms. The van der Waals surface area contributed by atoms with Crippen LogP contribution in [0.4, 0.5) is 5.69 Å². The molecule has 0 radical (unpaired) electrons. The van der Waals surface area contributed by atoms with Crippen LogP contribution in [-0.4, -0.2) is 50.2 Å². The average Bonchev–Trinajstić information content (AvgIpc) is 3.58. The summed E-state index contributed by atoms with van der Waals surface area (Å²) in [5.74, 6) is -0.156. The van der Waals surface area contributed by atoms with Crippen molar-refractivity contribution in [2.75, 3.05) is 31.6 Å². The SMILES string of the molecule is Cc1ccc(NC2CNC2)cc1C(=O)N[C@H](C)c1cccc(-c2ccc(C(=O)NC[C@H]3CCCO3)s2)c1. The third-order valence-electron chi connectivity index (χ3n) is 7.00. The van der Waals surface area contributed by atoms with E-state index in [0.29, 0.717) is 23.0 Å². The number of ether oxygens (including phenoxy) is 1. The molecule has 2 amide bonds. The monoisotopic (exact) mass is 518 g/mol. The van der Waals surface area contributed by atoms with E-state index < -0.39 is 0 Å². The smallest absolute Gasteiger partial charge is 0.261 e. The van der Waals surface area contributed by atoms with Gasteiger partial charge in [0, 0.05) is 42.4 Å². The molecule has 7 nitrogen and oxygen atoms in total. The van der Waals surface area contributed by atoms with Crippen LogP contribution < -0.4 is 21.3 Å². The number of carbonyl (C=O) groups is 2. The number of aryl methyl sites for hydroxylation is 1. The molecule has 3 aromatic rings. The Morgan fingerprint density at radius 1 is 1.11 bits per heavy atom. The van der Waals surface area contributed by atoms with Crippen molar-refractivity contribution in [3.05, 3.63) is 76.2 Å². The van der Waals surface area contributed by atoms with E-state index in [9.17, 15) is 9.59 Å². The van der Waals surface area contributed by atoms with Crippen molar-refractivity contribution in [2.45, 2.75) is 44.9 Å². The minimum atomic E-state index is -0.173. The Balaban J connectivity index is 1.23. The van der Waals surface area contributed by atoms with Crippen LogP contribution in [0, 0.1) is 6.92 Å². The molecule has 0 aliphatic carbocycles. The average molecular weight is 519 g/mol. The molecule has 2 aromatic carbocycles. The van der Waals surface area contributed by atoms with Gasteiger partial charge in [0.1, 0.15) is 0 Å². The summed E-state index contributed by atoms with van der Waals surface area (Å²) >= 11 is 1.47. The molecule has 2 fully saturated rings. The van der Waals surface area contributed by atoms with Crippen LogP contribution in [-0.2, 0) is 4.74 Å². The Labute approximate surface area is 222 Å². The van der Waals surface area contributed by atoms with Crippen LogP contribution in [0.25, 0.3) is 10.4 Å². The van der Waals surface area contributed by atoms with Gasteiger partial charge in [0.05, 0.1) is 23.1 Å². The molecular formula is C29H34N4O3S. The summed E-state index contributed by atoms with van der Waals surface area (Å²) in [6.45, 7) is 7.16. The first-order chi connectivity index (χ1) is 18.0. The minimum Gasteiger partial charge on any atom is -0.380 e. The van der Waals surface area contributed by atoms with E-state index in [1.807, 2.05) is 62.4 Å². The van der Waals surface area contributed by atoms with Gasteiger partial charge in [-0.15, -0.1) is 11.3 Å². The van der Waals surface area contributed by atoms with Crippen molar-refractivity contribution in [1.29, 1.82) is 0 Å². The highest BCUT2D eigenvalue weighted by atomic mass is 32.1. The topological polar surface area (TPSA) is 91.5 Å². The highest BCUT2D eigenvalue weighted by Crippen LogP contribution is 2.30. The van der Waals surface area contributed by atoms with E-state index in [-0.39, 0.29) is 24.0 Å². The lowest BCUT2D eigenvalue weighted by atomic mass is 10.0. The van der Waals surface area contributed by atoms with Crippen LogP contribution >= 0.6 is 11.3 Å². The normalized spacial score (nSPS) is 18.2. The zero-order valence-corrected chi connectivity index (χ0v) is 22.1. The standard InChI is InChI=1S/C29H34N4O3S/c1-18-8-9-22(33-23-15-30-16-23)14-25(18)28(34)32-19(2)20-5-3-6-21(13-20)26-10-11-27(37-26)29(35)31-17-24-7-4-12-36-24/h3,5-6,8-11,13-14,19,23-24,30,33H,4,7,12,15-17H2,1-2H3,(H,31,35)(H,32,34)/t19-,24-/m1/s1. The van der Waals surface area contributed by atoms with Gasteiger partial charge < -0.3 is 26.0 Å². The van der Waals surface area contributed by atoms with Gasteiger partial charge in [-0.1, -0.05) is 24.3 Å². The summed E-state index contributed by atoms with van der Waals surface area (Å²) in [6.07, 6.45) is 2.18. The summed E-state index contributed by atoms with van der Waals surface area (Å²) in [6, 6.07) is 18.2. The van der Waals surface area contributed by atoms with Crippen molar-refractivity contribution in [3.8, 4) is 10.4 Å². The van der Waals surface area contributed by atoms with Crippen molar-refractivity contribution >= 4 is 28.8 Å². The molecular weight excluding hydrogens is 484 g/mol. The first-order valence-electron chi connectivity index (χ1n) is 12.9. The fraction of sp³-hybridized carbons (Fsp3) is 0.379. The van der Waals surface area contributed by atoms with Gasteiger partial charge in [-0.2, -0.15) is 0 Å². The second kappa shape index (κ2) is 11.5. The number of amides is 2. The number of thiophene rings is 1. The first-order valence-corrected chi connectivity index (χ1v) is 13.8. The molecule has 2 aliphatic rings. The van der Waals surface area contributed by atoms with Gasteiger partial charge in [0.15, 0.2) is 0 Å². The number of anilines is 1. The van der Waals surface area contributed by atoms with E-state index in [1.54, 1.807) is 0 Å². The predicted molar refractivity (Wildman–Crippen MR) is 148 cm³/mol. The largest absolute Gasteiger partial charge is 0.380 e. The number of rotatable bonds is 9. The lowest BCUT2D eigenvalue weighted by molar-refractivity contribution is 0.0860. The summed E-state index contributed by atoms with van der Waals surface area (Å²) < 4.78 is 5.59. The van der Waals surface area contributed by atoms with Crippen LogP contribution in [0.2, 0.25) is 0 Å². The maximum absolute atomic E-state index is 13.2. The first kappa shape index (κ1) is 25.4. The second-order valence-corrected chi connectivity index (χ2v) is 10.9. The fourth-order valence-corrected chi connectivity index (χ4v) is 5.53. The van der Waals surface area contributed by atoms with Gasteiger partial charge in [-0.3, -0.25) is 9.59 Å². The molecule has 4 N–H and O–H groups in total. The number of carbonyl (C=O) groups excluding carboxylic acids is 2. The highest BCUT2D eigenvalue weighted by molar-refractivity contribution is 7.17. The van der Waals surface area contributed by atoms with E-state index >= 15 is 0 Å². The second-order valence-electron chi connectivity index (χ2n) is 9.86. The van der Waals surface area contributed by atoms with Crippen LogP contribution in [0.15, 0.2) is 54.6 Å². The van der Waals surface area contributed by atoms with E-state index in [0.717, 1.165) is 59.8 Å². The van der Waals surface area contributed by atoms with Crippen LogP contribution in [0.5, 0.6) is 0 Å². The predicted octanol–water partition coefficient (Wildman–Crippen LogP) is 4.51. The van der Waals surface area contributed by atoms with E-state index in [2.05, 4.69) is 27.3 Å². The van der Waals surface area contributed by atoms with Crippen molar-refractivity contribution in [3.63, 3.8) is 0 Å². The molecule has 2 atom stereocenters. The number of hydrogen-bond donors (Lipinski definition) is 4. The lowest BCUT2D eigenvalue weighted by Gasteiger charge is -2.29. The molecule has 3 heterocycles.